The first-order valence-corrected chi connectivity index (χ1v) is 7.03. The highest BCUT2D eigenvalue weighted by molar-refractivity contribution is 5.96. The molecule has 0 radical (unpaired) electrons. The monoisotopic (exact) mass is 278 g/mol. The number of amides is 2. The summed E-state index contributed by atoms with van der Waals surface area (Å²) in [5.41, 5.74) is 0.797. The van der Waals surface area contributed by atoms with E-state index in [2.05, 4.69) is 10.4 Å². The number of hydrogen-bond acceptors (Lipinski definition) is 3. The third-order valence-corrected chi connectivity index (χ3v) is 4.01. The van der Waals surface area contributed by atoms with Gasteiger partial charge in [-0.1, -0.05) is 20.3 Å². The van der Waals surface area contributed by atoms with Crippen molar-refractivity contribution in [2.45, 2.75) is 45.8 Å². The fraction of sp³-hybridized carbons (Fsp3) is 0.643. The smallest absolute Gasteiger partial charge is 0.246 e. The van der Waals surface area contributed by atoms with Gasteiger partial charge in [-0.05, 0) is 18.9 Å². The van der Waals surface area contributed by atoms with Crippen LogP contribution in [0.25, 0.3) is 0 Å². The normalized spacial score (nSPS) is 24.7. The standard InChI is InChI=1S/C14H22N4O2/c1-5-9(2)12-14(20)18(10(3)13(19)15-12)8-11-6-7-17(4)16-11/h6-7,9-10,12H,5,8H2,1-4H3,(H,15,19). The summed E-state index contributed by atoms with van der Waals surface area (Å²) in [4.78, 5) is 26.2. The summed E-state index contributed by atoms with van der Waals surface area (Å²) < 4.78 is 1.70. The second-order valence-corrected chi connectivity index (χ2v) is 5.49. The van der Waals surface area contributed by atoms with E-state index in [0.29, 0.717) is 6.54 Å². The molecule has 3 unspecified atom stereocenters. The number of carbonyl (C=O) groups is 2. The molecule has 0 spiro atoms. The maximum Gasteiger partial charge on any atom is 0.246 e. The van der Waals surface area contributed by atoms with Gasteiger partial charge in [-0.25, -0.2) is 0 Å². The topological polar surface area (TPSA) is 67.2 Å². The Bertz CT molecular complexity index is 511. The van der Waals surface area contributed by atoms with Gasteiger partial charge in [-0.2, -0.15) is 5.10 Å². The number of nitrogens with one attached hydrogen (secondary N) is 1. The predicted molar refractivity (Wildman–Crippen MR) is 74.6 cm³/mol. The maximum atomic E-state index is 12.6. The summed E-state index contributed by atoms with van der Waals surface area (Å²) in [5.74, 6) is 0.0214. The summed E-state index contributed by atoms with van der Waals surface area (Å²) in [6.07, 6.45) is 2.68. The van der Waals surface area contributed by atoms with Crippen molar-refractivity contribution in [1.82, 2.24) is 20.0 Å². The van der Waals surface area contributed by atoms with Gasteiger partial charge in [0.05, 0.1) is 12.2 Å². The Morgan fingerprint density at radius 2 is 2.15 bits per heavy atom. The average molecular weight is 278 g/mol. The quantitative estimate of drug-likeness (QED) is 0.881. The van der Waals surface area contributed by atoms with Crippen molar-refractivity contribution in [2.24, 2.45) is 13.0 Å². The van der Waals surface area contributed by atoms with E-state index in [1.807, 2.05) is 33.2 Å². The minimum Gasteiger partial charge on any atom is -0.342 e. The zero-order valence-corrected chi connectivity index (χ0v) is 12.5. The molecular weight excluding hydrogens is 256 g/mol. The number of hydrogen-bond donors (Lipinski definition) is 1. The zero-order valence-electron chi connectivity index (χ0n) is 12.5. The number of aromatic nitrogens is 2. The van der Waals surface area contributed by atoms with Gasteiger partial charge >= 0.3 is 0 Å². The first-order chi connectivity index (χ1) is 9.43. The van der Waals surface area contributed by atoms with Crippen LogP contribution in [0.15, 0.2) is 12.3 Å². The molecule has 6 heteroatoms. The number of aryl methyl sites for hydroxylation is 1. The van der Waals surface area contributed by atoms with Crippen LogP contribution in [0.2, 0.25) is 0 Å². The van der Waals surface area contributed by atoms with Crippen LogP contribution in [0.4, 0.5) is 0 Å². The predicted octanol–water partition coefficient (Wildman–Crippen LogP) is 0.682. The SMILES string of the molecule is CCC(C)C1NC(=O)C(C)N(Cc2ccn(C)n2)C1=O. The molecule has 110 valence electrons. The fourth-order valence-electron chi connectivity index (χ4n) is 2.40. The first kappa shape index (κ1) is 14.6. The van der Waals surface area contributed by atoms with E-state index in [9.17, 15) is 9.59 Å². The lowest BCUT2D eigenvalue weighted by Crippen LogP contribution is -2.63. The van der Waals surface area contributed by atoms with Crippen LogP contribution in [-0.2, 0) is 23.2 Å². The third-order valence-electron chi connectivity index (χ3n) is 4.01. The Labute approximate surface area is 119 Å². The molecule has 2 amide bonds. The zero-order chi connectivity index (χ0) is 14.9. The van der Waals surface area contributed by atoms with Crippen LogP contribution in [0.1, 0.15) is 32.9 Å². The maximum absolute atomic E-state index is 12.6. The van der Waals surface area contributed by atoms with Crippen molar-refractivity contribution in [3.63, 3.8) is 0 Å². The highest BCUT2D eigenvalue weighted by Gasteiger charge is 2.40. The molecule has 0 bridgehead atoms. The van der Waals surface area contributed by atoms with E-state index in [0.717, 1.165) is 12.1 Å². The van der Waals surface area contributed by atoms with Gasteiger partial charge < -0.3 is 10.2 Å². The Balaban J connectivity index is 2.19. The van der Waals surface area contributed by atoms with Gasteiger partial charge in [-0.15, -0.1) is 0 Å². The van der Waals surface area contributed by atoms with Crippen LogP contribution in [0.5, 0.6) is 0 Å². The number of rotatable bonds is 4. The van der Waals surface area contributed by atoms with E-state index in [1.165, 1.54) is 0 Å². The Hall–Kier alpha value is -1.85. The molecular formula is C14H22N4O2. The summed E-state index contributed by atoms with van der Waals surface area (Å²) in [5, 5.41) is 7.11. The Morgan fingerprint density at radius 1 is 1.45 bits per heavy atom. The van der Waals surface area contributed by atoms with Gasteiger partial charge in [0.1, 0.15) is 12.1 Å². The van der Waals surface area contributed by atoms with Crippen molar-refractivity contribution in [2.75, 3.05) is 0 Å². The lowest BCUT2D eigenvalue weighted by molar-refractivity contribution is -0.150. The van der Waals surface area contributed by atoms with Crippen LogP contribution >= 0.6 is 0 Å². The van der Waals surface area contributed by atoms with E-state index in [1.54, 1.807) is 16.5 Å². The lowest BCUT2D eigenvalue weighted by atomic mass is 9.94. The largest absolute Gasteiger partial charge is 0.342 e. The van der Waals surface area contributed by atoms with Gasteiger partial charge in [0.25, 0.3) is 0 Å². The Kier molecular flexibility index (Phi) is 4.11. The second-order valence-electron chi connectivity index (χ2n) is 5.49. The van der Waals surface area contributed by atoms with Crippen LogP contribution < -0.4 is 5.32 Å². The molecule has 20 heavy (non-hydrogen) atoms. The van der Waals surface area contributed by atoms with Crippen LogP contribution in [-0.4, -0.2) is 38.6 Å². The minimum atomic E-state index is -0.454. The van der Waals surface area contributed by atoms with Crippen LogP contribution in [0, 0.1) is 5.92 Å². The molecule has 1 aliphatic rings. The molecule has 1 aliphatic heterocycles. The molecule has 6 nitrogen and oxygen atoms in total. The molecule has 2 rings (SSSR count). The molecule has 2 heterocycles. The molecule has 1 saturated heterocycles. The average Bonchev–Trinajstić information content (AvgIpc) is 2.83. The molecule has 0 saturated carbocycles. The van der Waals surface area contributed by atoms with Gasteiger partial charge in [0.15, 0.2) is 0 Å². The van der Waals surface area contributed by atoms with Crippen molar-refractivity contribution in [3.8, 4) is 0 Å². The molecule has 0 aromatic carbocycles. The fourth-order valence-corrected chi connectivity index (χ4v) is 2.40. The first-order valence-electron chi connectivity index (χ1n) is 7.03. The van der Waals surface area contributed by atoms with Crippen molar-refractivity contribution >= 4 is 11.8 Å². The third kappa shape index (κ3) is 2.69. The summed E-state index contributed by atoms with van der Waals surface area (Å²) >= 11 is 0. The lowest BCUT2D eigenvalue weighted by Gasteiger charge is -2.39. The van der Waals surface area contributed by atoms with E-state index in [-0.39, 0.29) is 17.7 Å². The molecule has 0 aliphatic carbocycles. The summed E-state index contributed by atoms with van der Waals surface area (Å²) in [6, 6.07) is 0.988. The van der Waals surface area contributed by atoms with Crippen molar-refractivity contribution in [3.05, 3.63) is 18.0 Å². The van der Waals surface area contributed by atoms with Gasteiger partial charge in [0.2, 0.25) is 11.8 Å². The second kappa shape index (κ2) is 5.64. The highest BCUT2D eigenvalue weighted by Crippen LogP contribution is 2.19. The minimum absolute atomic E-state index is 0.0166. The molecule has 1 fully saturated rings. The van der Waals surface area contributed by atoms with Gasteiger partial charge in [0, 0.05) is 13.2 Å². The number of nitrogens with zero attached hydrogens (tertiary/aromatic N) is 3. The summed E-state index contributed by atoms with van der Waals surface area (Å²) in [7, 11) is 1.83. The van der Waals surface area contributed by atoms with Crippen molar-refractivity contribution < 1.29 is 9.59 Å². The Morgan fingerprint density at radius 3 is 2.70 bits per heavy atom. The van der Waals surface area contributed by atoms with E-state index < -0.39 is 12.1 Å². The highest BCUT2D eigenvalue weighted by atomic mass is 16.2. The molecule has 1 aromatic rings. The molecule has 1 aromatic heterocycles. The molecule has 1 N–H and O–H groups in total. The molecule has 3 atom stereocenters. The van der Waals surface area contributed by atoms with E-state index in [4.69, 9.17) is 0 Å². The van der Waals surface area contributed by atoms with E-state index >= 15 is 0 Å². The van der Waals surface area contributed by atoms with Crippen LogP contribution in [0.3, 0.4) is 0 Å². The van der Waals surface area contributed by atoms with Crippen molar-refractivity contribution in [1.29, 1.82) is 0 Å². The number of piperazine rings is 1. The summed E-state index contributed by atoms with van der Waals surface area (Å²) in [6.45, 7) is 6.13. The van der Waals surface area contributed by atoms with Gasteiger partial charge in [-0.3, -0.25) is 14.3 Å². The number of carbonyl (C=O) groups excluding carboxylic acids is 2.